The summed E-state index contributed by atoms with van der Waals surface area (Å²) in [6, 6.07) is 4.56. The van der Waals surface area contributed by atoms with E-state index in [0.717, 1.165) is 16.8 Å². The monoisotopic (exact) mass is 291 g/mol. The van der Waals surface area contributed by atoms with Crippen LogP contribution in [0.5, 0.6) is 5.75 Å². The molecule has 0 atom stereocenters. The molecule has 1 aromatic heterocycles. The normalized spacial score (nSPS) is 10.6. The molecule has 0 unspecified atom stereocenters. The van der Waals surface area contributed by atoms with E-state index in [1.54, 1.807) is 13.1 Å². The number of hydrogen-bond acceptors (Lipinski definition) is 6. The third kappa shape index (κ3) is 3.38. The molecule has 21 heavy (non-hydrogen) atoms. The molecule has 1 N–H and O–H groups in total. The lowest BCUT2D eigenvalue weighted by Crippen LogP contribution is -2.08. The molecular weight excluding hydrogens is 274 g/mol. The van der Waals surface area contributed by atoms with Gasteiger partial charge in [-0.15, -0.1) is 0 Å². The van der Waals surface area contributed by atoms with Gasteiger partial charge in [0.2, 0.25) is 0 Å². The van der Waals surface area contributed by atoms with Gasteiger partial charge in [0.05, 0.1) is 16.2 Å². The highest BCUT2D eigenvalue weighted by molar-refractivity contribution is 5.44. The van der Waals surface area contributed by atoms with E-state index in [0.29, 0.717) is 24.7 Å². The first kappa shape index (κ1) is 15.0. The topological polar surface area (TPSA) is 90.4 Å². The summed E-state index contributed by atoms with van der Waals surface area (Å²) in [5, 5.41) is 17.7. The minimum absolute atomic E-state index is 0.0462. The van der Waals surface area contributed by atoms with E-state index >= 15 is 0 Å². The Balaban J connectivity index is 2.21. The fourth-order valence-electron chi connectivity index (χ4n) is 2.01. The van der Waals surface area contributed by atoms with Crippen molar-refractivity contribution in [2.45, 2.75) is 27.0 Å². The predicted molar refractivity (Wildman–Crippen MR) is 76.2 cm³/mol. The fraction of sp³-hybridized carbons (Fsp3) is 0.357. The minimum atomic E-state index is -0.419. The Bertz CT molecular complexity index is 632. The van der Waals surface area contributed by atoms with Crippen LogP contribution in [0.4, 0.5) is 5.69 Å². The van der Waals surface area contributed by atoms with Crippen molar-refractivity contribution in [1.29, 1.82) is 0 Å². The SMILES string of the molecule is CNCc1cc([N+](=O)[O-])ccc1OCc1c(C)noc1C. The number of non-ortho nitro benzene ring substituents is 1. The van der Waals surface area contributed by atoms with Gasteiger partial charge in [0.1, 0.15) is 18.1 Å². The van der Waals surface area contributed by atoms with Gasteiger partial charge in [-0.3, -0.25) is 10.1 Å². The molecule has 0 saturated carbocycles. The average Bonchev–Trinajstić information content (AvgIpc) is 2.77. The first-order valence-corrected chi connectivity index (χ1v) is 6.49. The highest BCUT2D eigenvalue weighted by Crippen LogP contribution is 2.25. The number of ether oxygens (including phenoxy) is 1. The molecule has 0 aliphatic heterocycles. The number of nitro groups is 1. The molecule has 0 amide bonds. The van der Waals surface area contributed by atoms with Crippen molar-refractivity contribution in [2.24, 2.45) is 0 Å². The third-order valence-corrected chi connectivity index (χ3v) is 3.18. The standard InChI is InChI=1S/C14H17N3O4/c1-9-13(10(2)21-16-9)8-20-14-5-4-12(17(18)19)6-11(14)7-15-3/h4-6,15H,7-8H2,1-3H3. The summed E-state index contributed by atoms with van der Waals surface area (Å²) in [6.07, 6.45) is 0. The number of hydrogen-bond donors (Lipinski definition) is 1. The van der Waals surface area contributed by atoms with Crippen LogP contribution in [0.25, 0.3) is 0 Å². The van der Waals surface area contributed by atoms with Crippen LogP contribution >= 0.6 is 0 Å². The molecule has 0 saturated heterocycles. The van der Waals surface area contributed by atoms with Crippen LogP contribution < -0.4 is 10.1 Å². The van der Waals surface area contributed by atoms with Gasteiger partial charge in [0.15, 0.2) is 0 Å². The van der Waals surface area contributed by atoms with Gasteiger partial charge >= 0.3 is 0 Å². The van der Waals surface area contributed by atoms with E-state index in [-0.39, 0.29) is 5.69 Å². The van der Waals surface area contributed by atoms with E-state index < -0.39 is 4.92 Å². The second kappa shape index (κ2) is 6.36. The van der Waals surface area contributed by atoms with Crippen LogP contribution in [0.15, 0.2) is 22.7 Å². The maximum absolute atomic E-state index is 10.8. The van der Waals surface area contributed by atoms with Crippen LogP contribution in [0, 0.1) is 24.0 Å². The van der Waals surface area contributed by atoms with Gasteiger partial charge in [-0.05, 0) is 27.0 Å². The Kier molecular flexibility index (Phi) is 4.54. The summed E-state index contributed by atoms with van der Waals surface area (Å²) in [6.45, 7) is 4.47. The van der Waals surface area contributed by atoms with Gasteiger partial charge in [0.25, 0.3) is 5.69 Å². The Morgan fingerprint density at radius 3 is 2.76 bits per heavy atom. The highest BCUT2D eigenvalue weighted by Gasteiger charge is 2.14. The first-order valence-electron chi connectivity index (χ1n) is 6.49. The van der Waals surface area contributed by atoms with Crippen LogP contribution in [0.2, 0.25) is 0 Å². The number of rotatable bonds is 6. The van der Waals surface area contributed by atoms with E-state index in [9.17, 15) is 10.1 Å². The second-order valence-electron chi connectivity index (χ2n) is 4.67. The Morgan fingerprint density at radius 2 is 2.19 bits per heavy atom. The van der Waals surface area contributed by atoms with Crippen molar-refractivity contribution < 1.29 is 14.2 Å². The van der Waals surface area contributed by atoms with E-state index in [1.807, 2.05) is 13.8 Å². The van der Waals surface area contributed by atoms with Gasteiger partial charge < -0.3 is 14.6 Å². The van der Waals surface area contributed by atoms with Crippen molar-refractivity contribution in [1.82, 2.24) is 10.5 Å². The molecule has 0 radical (unpaired) electrons. The van der Waals surface area contributed by atoms with Crippen LogP contribution in [-0.4, -0.2) is 17.1 Å². The molecule has 0 aliphatic carbocycles. The number of nitrogens with zero attached hydrogens (tertiary/aromatic N) is 2. The van der Waals surface area contributed by atoms with Crippen LogP contribution in [-0.2, 0) is 13.2 Å². The molecule has 112 valence electrons. The van der Waals surface area contributed by atoms with Crippen molar-refractivity contribution in [2.75, 3.05) is 7.05 Å². The molecule has 0 spiro atoms. The van der Waals surface area contributed by atoms with Crippen molar-refractivity contribution in [3.8, 4) is 5.75 Å². The molecule has 2 aromatic rings. The number of benzene rings is 1. The molecule has 0 fully saturated rings. The summed E-state index contributed by atoms with van der Waals surface area (Å²) in [4.78, 5) is 10.4. The van der Waals surface area contributed by atoms with Gasteiger partial charge in [-0.2, -0.15) is 0 Å². The third-order valence-electron chi connectivity index (χ3n) is 3.18. The van der Waals surface area contributed by atoms with E-state index in [2.05, 4.69) is 10.5 Å². The Labute approximate surface area is 122 Å². The molecular formula is C14H17N3O4. The zero-order valence-corrected chi connectivity index (χ0v) is 12.2. The van der Waals surface area contributed by atoms with Crippen LogP contribution in [0.1, 0.15) is 22.6 Å². The molecule has 7 heteroatoms. The van der Waals surface area contributed by atoms with Gasteiger partial charge in [-0.25, -0.2) is 0 Å². The number of nitrogens with one attached hydrogen (secondary N) is 1. The van der Waals surface area contributed by atoms with E-state index in [1.165, 1.54) is 12.1 Å². The lowest BCUT2D eigenvalue weighted by atomic mass is 10.1. The Morgan fingerprint density at radius 1 is 1.43 bits per heavy atom. The van der Waals surface area contributed by atoms with Gasteiger partial charge in [0, 0.05) is 24.2 Å². The highest BCUT2D eigenvalue weighted by atomic mass is 16.6. The van der Waals surface area contributed by atoms with Crippen molar-refractivity contribution in [3.05, 3.63) is 50.9 Å². The maximum atomic E-state index is 10.8. The summed E-state index contributed by atoms with van der Waals surface area (Å²) in [5.41, 5.74) is 2.46. The summed E-state index contributed by atoms with van der Waals surface area (Å²) >= 11 is 0. The summed E-state index contributed by atoms with van der Waals surface area (Å²) in [5.74, 6) is 1.32. The first-order chi connectivity index (χ1) is 10.0. The van der Waals surface area contributed by atoms with Crippen LogP contribution in [0.3, 0.4) is 0 Å². The number of aryl methyl sites for hydroxylation is 2. The van der Waals surface area contributed by atoms with Crippen molar-refractivity contribution in [3.63, 3.8) is 0 Å². The minimum Gasteiger partial charge on any atom is -0.488 e. The molecule has 1 heterocycles. The lowest BCUT2D eigenvalue weighted by molar-refractivity contribution is -0.384. The maximum Gasteiger partial charge on any atom is 0.270 e. The molecule has 0 bridgehead atoms. The summed E-state index contributed by atoms with van der Waals surface area (Å²) in [7, 11) is 1.77. The zero-order chi connectivity index (χ0) is 15.4. The second-order valence-corrected chi connectivity index (χ2v) is 4.67. The lowest BCUT2D eigenvalue weighted by Gasteiger charge is -2.11. The zero-order valence-electron chi connectivity index (χ0n) is 12.2. The van der Waals surface area contributed by atoms with Crippen molar-refractivity contribution >= 4 is 5.69 Å². The van der Waals surface area contributed by atoms with Gasteiger partial charge in [-0.1, -0.05) is 5.16 Å². The molecule has 2 rings (SSSR count). The predicted octanol–water partition coefficient (Wildman–Crippen LogP) is 2.50. The Hall–Kier alpha value is -2.41. The fourth-order valence-corrected chi connectivity index (χ4v) is 2.01. The number of aromatic nitrogens is 1. The molecule has 0 aliphatic rings. The molecule has 1 aromatic carbocycles. The molecule has 7 nitrogen and oxygen atoms in total. The smallest absolute Gasteiger partial charge is 0.270 e. The quantitative estimate of drug-likeness (QED) is 0.649. The van der Waals surface area contributed by atoms with E-state index in [4.69, 9.17) is 9.26 Å². The average molecular weight is 291 g/mol. The summed E-state index contributed by atoms with van der Waals surface area (Å²) < 4.78 is 10.8. The largest absolute Gasteiger partial charge is 0.488 e. The number of nitro benzene ring substituents is 1.